The number of carbonyl (C=O) groups excluding carboxylic acids is 2. The maximum Gasteiger partial charge on any atom is 0.430 e. The minimum Gasteiger partial charge on any atom is -0.542 e. The summed E-state index contributed by atoms with van der Waals surface area (Å²) in [5, 5.41) is 18.7. The van der Waals surface area contributed by atoms with E-state index in [9.17, 15) is 23.1 Å². The summed E-state index contributed by atoms with van der Waals surface area (Å²) in [7, 11) is 1.29. The monoisotopic (exact) mass is 409 g/mol. The summed E-state index contributed by atoms with van der Waals surface area (Å²) in [5.74, 6) is -3.72. The van der Waals surface area contributed by atoms with Gasteiger partial charge < -0.3 is 19.7 Å². The van der Waals surface area contributed by atoms with Gasteiger partial charge in [0.1, 0.15) is 5.97 Å². The average molecular weight is 409 g/mol. The number of carbonyl (C=O) groups is 2. The van der Waals surface area contributed by atoms with E-state index in [1.165, 1.54) is 14.0 Å². The first-order chi connectivity index (χ1) is 13.6. The molecule has 9 heteroatoms. The summed E-state index contributed by atoms with van der Waals surface area (Å²) in [4.78, 5) is 20.8. The Balaban J connectivity index is 0.000000516. The topological polar surface area (TPSA) is 89.7 Å². The molecule has 2 aromatic rings. The summed E-state index contributed by atoms with van der Waals surface area (Å²) >= 11 is 0. The molecule has 0 saturated heterocycles. The van der Waals surface area contributed by atoms with Crippen LogP contribution in [0.15, 0.2) is 72.1 Å². The van der Waals surface area contributed by atoms with Crippen LogP contribution in [0, 0.1) is 0 Å². The van der Waals surface area contributed by atoms with Crippen molar-refractivity contribution >= 4 is 23.8 Å². The zero-order chi connectivity index (χ0) is 22.0. The lowest BCUT2D eigenvalue weighted by molar-refractivity contribution is -0.378. The lowest BCUT2D eigenvalue weighted by atomic mass is 10.2. The molecule has 0 aliphatic rings. The van der Waals surface area contributed by atoms with Crippen LogP contribution in [0.4, 0.5) is 18.9 Å². The van der Waals surface area contributed by atoms with Crippen LogP contribution in [-0.2, 0) is 14.3 Å². The highest BCUT2D eigenvalue weighted by Crippen LogP contribution is 2.19. The van der Waals surface area contributed by atoms with Crippen molar-refractivity contribution in [2.75, 3.05) is 7.11 Å². The molecule has 0 fully saturated rings. The van der Waals surface area contributed by atoms with Crippen molar-refractivity contribution in [2.24, 2.45) is 0 Å². The van der Waals surface area contributed by atoms with Crippen LogP contribution in [-0.4, -0.2) is 41.1 Å². The van der Waals surface area contributed by atoms with Crippen LogP contribution in [0.3, 0.4) is 0 Å². The molecule has 1 N–H and O–H groups in total. The minimum absolute atomic E-state index is 0.0811. The van der Waals surface area contributed by atoms with Crippen molar-refractivity contribution in [3.8, 4) is 0 Å². The zero-order valence-electron chi connectivity index (χ0n) is 15.5. The van der Waals surface area contributed by atoms with Gasteiger partial charge in [-0.2, -0.15) is 17.7 Å². The molecule has 29 heavy (non-hydrogen) atoms. The predicted molar refractivity (Wildman–Crippen MR) is 96.4 cm³/mol. The number of carboxylic acids is 1. The largest absolute Gasteiger partial charge is 0.542 e. The van der Waals surface area contributed by atoms with Crippen LogP contribution >= 0.6 is 0 Å². The van der Waals surface area contributed by atoms with E-state index in [2.05, 4.69) is 0 Å². The molecule has 0 aliphatic carbocycles. The summed E-state index contributed by atoms with van der Waals surface area (Å²) in [6.07, 6.45) is -3.42. The summed E-state index contributed by atoms with van der Waals surface area (Å²) in [6, 6.07) is 18.9. The molecule has 0 aromatic heterocycles. The molecule has 0 bridgehead atoms. The Morgan fingerprint density at radius 1 is 1.03 bits per heavy atom. The van der Waals surface area contributed by atoms with Gasteiger partial charge in [0.2, 0.25) is 5.69 Å². The Morgan fingerprint density at radius 3 is 1.86 bits per heavy atom. The van der Waals surface area contributed by atoms with E-state index < -0.39 is 18.1 Å². The number of aliphatic hydroxyl groups excluding tert-OH is 1. The number of aliphatic carboxylic acids is 1. The van der Waals surface area contributed by atoms with Gasteiger partial charge in [0.05, 0.1) is 7.11 Å². The third-order valence-electron chi connectivity index (χ3n) is 3.31. The van der Waals surface area contributed by atoms with Gasteiger partial charge in [-0.3, -0.25) is 0 Å². The molecule has 0 atom stereocenters. The molecule has 154 valence electrons. The molecular formula is C20H18F3NO5. The van der Waals surface area contributed by atoms with E-state index in [4.69, 9.17) is 14.6 Å². The van der Waals surface area contributed by atoms with Gasteiger partial charge in [0.25, 0.3) is 0 Å². The Morgan fingerprint density at radius 2 is 1.48 bits per heavy atom. The molecule has 0 heterocycles. The smallest absolute Gasteiger partial charge is 0.430 e. The van der Waals surface area contributed by atoms with Crippen molar-refractivity contribution in [2.45, 2.75) is 13.1 Å². The summed E-state index contributed by atoms with van der Waals surface area (Å²) in [6.45, 7) is 1.46. The second kappa shape index (κ2) is 10.6. The van der Waals surface area contributed by atoms with Crippen molar-refractivity contribution in [1.29, 1.82) is 0 Å². The molecule has 2 aromatic carbocycles. The van der Waals surface area contributed by atoms with E-state index >= 15 is 0 Å². The van der Waals surface area contributed by atoms with Crippen molar-refractivity contribution in [1.82, 2.24) is 0 Å². The van der Waals surface area contributed by atoms with Crippen LogP contribution in [0.1, 0.15) is 12.5 Å². The highest BCUT2D eigenvalue weighted by atomic mass is 19.4. The molecule has 0 radical (unpaired) electrons. The number of para-hydroxylation sites is 1. The molecule has 0 amide bonds. The number of hydrogen-bond acceptors (Lipinski definition) is 5. The molecule has 0 aliphatic heterocycles. The highest BCUT2D eigenvalue weighted by Gasteiger charge is 2.29. The molecule has 0 unspecified atom stereocenters. The molecule has 6 nitrogen and oxygen atoms in total. The number of aliphatic hydroxyl groups is 1. The first-order valence-corrected chi connectivity index (χ1v) is 8.08. The van der Waals surface area contributed by atoms with Gasteiger partial charge in [0, 0.05) is 24.6 Å². The van der Waals surface area contributed by atoms with Gasteiger partial charge in [-0.05, 0) is 12.1 Å². The number of alkyl halides is 3. The fourth-order valence-electron chi connectivity index (χ4n) is 2.06. The van der Waals surface area contributed by atoms with E-state index in [1.807, 2.05) is 60.7 Å². The lowest BCUT2D eigenvalue weighted by Gasteiger charge is -2.06. The van der Waals surface area contributed by atoms with E-state index in [0.29, 0.717) is 0 Å². The van der Waals surface area contributed by atoms with Gasteiger partial charge in [-0.15, -0.1) is 0 Å². The number of ether oxygens (including phenoxy) is 1. The Kier molecular flexibility index (Phi) is 8.60. The molecule has 2 rings (SSSR count). The Labute approximate surface area is 164 Å². The first kappa shape index (κ1) is 23.4. The van der Waals surface area contributed by atoms with Gasteiger partial charge in [-0.1, -0.05) is 36.4 Å². The number of benzene rings is 2. The average Bonchev–Trinajstić information content (AvgIpc) is 2.68. The quantitative estimate of drug-likeness (QED) is 0.276. The van der Waals surface area contributed by atoms with Crippen LogP contribution < -0.4 is 5.11 Å². The lowest BCUT2D eigenvalue weighted by Crippen LogP contribution is -2.37. The number of rotatable bonds is 4. The number of methoxy groups -OCH3 is 1. The van der Waals surface area contributed by atoms with Crippen molar-refractivity contribution < 1.29 is 42.3 Å². The molecule has 0 spiro atoms. The molecule has 0 saturated carbocycles. The number of nitrogens with zero attached hydrogens (tertiary/aromatic N) is 1. The number of carboxylic acid groups (broad SMARTS) is 1. The minimum atomic E-state index is -5.19. The fraction of sp³-hybridized carbons (Fsp3) is 0.150. The van der Waals surface area contributed by atoms with Gasteiger partial charge in [0.15, 0.2) is 12.0 Å². The van der Waals surface area contributed by atoms with Crippen molar-refractivity contribution in [3.63, 3.8) is 0 Å². The maximum atomic E-state index is 12.1. The predicted octanol–water partition coefficient (Wildman–Crippen LogP) is 2.71. The summed E-state index contributed by atoms with van der Waals surface area (Å²) in [5.41, 5.74) is 1.73. The van der Waals surface area contributed by atoms with Crippen molar-refractivity contribution in [3.05, 3.63) is 77.7 Å². The van der Waals surface area contributed by atoms with Crippen LogP contribution in [0.25, 0.3) is 0 Å². The second-order valence-corrected chi connectivity index (χ2v) is 5.46. The van der Waals surface area contributed by atoms with E-state index in [0.717, 1.165) is 11.3 Å². The number of halogens is 3. The SMILES string of the molecule is COC(=O)/C(=C(\C)O)[N+](=Cc1ccccc1)c1ccccc1.O=C([O-])C(F)(F)F. The third-order valence-corrected chi connectivity index (χ3v) is 3.31. The maximum absolute atomic E-state index is 12.1. The highest BCUT2D eigenvalue weighted by molar-refractivity contribution is 5.88. The standard InChI is InChI=1S/C18H17NO3.C2HF3O2/c1-14(20)17(18(21)22-2)19(16-11-7-4-8-12-16)13-15-9-5-3-6-10-15;3-2(4,5)1(6)7/h3-13H,1-2H3;(H,6,7). The number of allylic oxidation sites excluding steroid dienone is 1. The summed E-state index contributed by atoms with van der Waals surface area (Å²) < 4.78 is 38.0. The van der Waals surface area contributed by atoms with E-state index in [-0.39, 0.29) is 11.5 Å². The van der Waals surface area contributed by atoms with Gasteiger partial charge in [-0.25, -0.2) is 4.79 Å². The van der Waals surface area contributed by atoms with Crippen LogP contribution in [0.2, 0.25) is 0 Å². The van der Waals surface area contributed by atoms with Crippen LogP contribution in [0.5, 0.6) is 0 Å². The van der Waals surface area contributed by atoms with E-state index in [1.54, 1.807) is 10.8 Å². The van der Waals surface area contributed by atoms with Gasteiger partial charge >= 0.3 is 17.8 Å². The molecular weight excluding hydrogens is 391 g/mol. The normalized spacial score (nSPS) is 12.2. The Bertz CT molecular complexity index is 887. The fourth-order valence-corrected chi connectivity index (χ4v) is 2.06. The first-order valence-electron chi connectivity index (χ1n) is 8.08. The zero-order valence-corrected chi connectivity index (χ0v) is 15.5. The third kappa shape index (κ3) is 7.49. The Hall–Kier alpha value is -3.62. The number of esters is 1. The number of hydrogen-bond donors (Lipinski definition) is 1. The second-order valence-electron chi connectivity index (χ2n) is 5.46.